The Kier molecular flexibility index (Phi) is 4.05. The maximum absolute atomic E-state index is 9.30. The summed E-state index contributed by atoms with van der Waals surface area (Å²) in [5.41, 5.74) is 3.47. The van der Waals surface area contributed by atoms with Crippen molar-refractivity contribution in [1.82, 2.24) is 14.5 Å². The van der Waals surface area contributed by atoms with Gasteiger partial charge in [0.2, 0.25) is 0 Å². The van der Waals surface area contributed by atoms with Gasteiger partial charge in [-0.25, -0.2) is 5.84 Å². The topological polar surface area (TPSA) is 87.3 Å². The van der Waals surface area contributed by atoms with Crippen molar-refractivity contribution in [2.45, 2.75) is 31.8 Å². The number of anilines is 1. The molecule has 0 amide bonds. The van der Waals surface area contributed by atoms with Crippen molar-refractivity contribution in [2.75, 3.05) is 18.6 Å². The molecule has 0 bridgehead atoms. The quantitative estimate of drug-likeness (QED) is 0.516. The second-order valence-electron chi connectivity index (χ2n) is 4.00. The van der Waals surface area contributed by atoms with E-state index in [0.717, 1.165) is 23.7 Å². The van der Waals surface area contributed by atoms with Crippen molar-refractivity contribution in [1.29, 1.82) is 0 Å². The SMILES string of the molecule is NNc1snnc1CN1CCCCC1CO. The van der Waals surface area contributed by atoms with Crippen LogP contribution in [0.15, 0.2) is 0 Å². The third kappa shape index (κ3) is 2.49. The Bertz CT molecular complexity index is 331. The molecule has 0 aromatic carbocycles. The highest BCUT2D eigenvalue weighted by Crippen LogP contribution is 2.23. The van der Waals surface area contributed by atoms with Gasteiger partial charge < -0.3 is 10.5 Å². The zero-order valence-corrected chi connectivity index (χ0v) is 9.91. The van der Waals surface area contributed by atoms with Crippen LogP contribution in [-0.2, 0) is 6.54 Å². The molecule has 0 aliphatic carbocycles. The molecule has 2 rings (SSSR count). The van der Waals surface area contributed by atoms with E-state index in [2.05, 4.69) is 19.9 Å². The molecule has 1 atom stereocenters. The minimum Gasteiger partial charge on any atom is -0.395 e. The number of rotatable bonds is 4. The molecule has 0 spiro atoms. The summed E-state index contributed by atoms with van der Waals surface area (Å²) in [5.74, 6) is 5.38. The smallest absolute Gasteiger partial charge is 0.148 e. The first-order chi connectivity index (χ1) is 7.85. The fourth-order valence-corrected chi connectivity index (χ4v) is 2.57. The molecule has 7 heteroatoms. The van der Waals surface area contributed by atoms with E-state index in [1.807, 2.05) is 0 Å². The van der Waals surface area contributed by atoms with Gasteiger partial charge in [-0.15, -0.1) is 5.10 Å². The Balaban J connectivity index is 2.02. The third-order valence-electron chi connectivity index (χ3n) is 3.00. The van der Waals surface area contributed by atoms with Gasteiger partial charge in [0, 0.05) is 24.1 Å². The van der Waals surface area contributed by atoms with E-state index in [1.54, 1.807) is 0 Å². The maximum atomic E-state index is 9.30. The molecule has 1 saturated heterocycles. The Morgan fingerprint density at radius 2 is 2.44 bits per heavy atom. The molecule has 1 aromatic rings. The van der Waals surface area contributed by atoms with Crippen LogP contribution in [0.5, 0.6) is 0 Å². The van der Waals surface area contributed by atoms with Gasteiger partial charge in [0.05, 0.1) is 6.61 Å². The van der Waals surface area contributed by atoms with Gasteiger partial charge in [-0.1, -0.05) is 10.9 Å². The normalized spacial score (nSPS) is 22.2. The number of nitrogens with two attached hydrogens (primary N) is 1. The number of hydrogen-bond donors (Lipinski definition) is 3. The number of nitrogens with zero attached hydrogens (tertiary/aromatic N) is 3. The van der Waals surface area contributed by atoms with Crippen LogP contribution in [-0.4, -0.2) is 38.8 Å². The van der Waals surface area contributed by atoms with E-state index < -0.39 is 0 Å². The lowest BCUT2D eigenvalue weighted by molar-refractivity contribution is 0.0832. The second kappa shape index (κ2) is 5.53. The highest BCUT2D eigenvalue weighted by Gasteiger charge is 2.23. The van der Waals surface area contributed by atoms with Crippen LogP contribution in [0.25, 0.3) is 0 Å². The summed E-state index contributed by atoms with van der Waals surface area (Å²) in [5, 5.41) is 14.2. The average Bonchev–Trinajstić information content (AvgIpc) is 2.77. The first-order valence-corrected chi connectivity index (χ1v) is 6.25. The lowest BCUT2D eigenvalue weighted by Gasteiger charge is -2.33. The van der Waals surface area contributed by atoms with Crippen molar-refractivity contribution < 1.29 is 5.11 Å². The lowest BCUT2D eigenvalue weighted by Crippen LogP contribution is -2.41. The summed E-state index contributed by atoms with van der Waals surface area (Å²) in [4.78, 5) is 2.25. The lowest BCUT2D eigenvalue weighted by atomic mass is 10.0. The highest BCUT2D eigenvalue weighted by atomic mass is 32.1. The number of hydrazine groups is 1. The number of aliphatic hydroxyl groups excluding tert-OH is 1. The van der Waals surface area contributed by atoms with E-state index in [1.165, 1.54) is 24.4 Å². The molecule has 0 saturated carbocycles. The van der Waals surface area contributed by atoms with Crippen molar-refractivity contribution in [3.05, 3.63) is 5.69 Å². The number of hydrogen-bond acceptors (Lipinski definition) is 7. The molecule has 1 fully saturated rings. The van der Waals surface area contributed by atoms with Crippen LogP contribution in [0.1, 0.15) is 25.0 Å². The highest BCUT2D eigenvalue weighted by molar-refractivity contribution is 7.10. The third-order valence-corrected chi connectivity index (χ3v) is 3.70. The molecule has 1 aliphatic rings. The van der Waals surface area contributed by atoms with Gasteiger partial charge in [0.1, 0.15) is 10.7 Å². The fourth-order valence-electron chi connectivity index (χ4n) is 2.09. The van der Waals surface area contributed by atoms with Gasteiger partial charge >= 0.3 is 0 Å². The van der Waals surface area contributed by atoms with Gasteiger partial charge in [0.15, 0.2) is 0 Å². The van der Waals surface area contributed by atoms with Gasteiger partial charge in [-0.05, 0) is 19.4 Å². The monoisotopic (exact) mass is 243 g/mol. The minimum absolute atomic E-state index is 0.211. The molecule has 1 aliphatic heterocycles. The molecule has 6 nitrogen and oxygen atoms in total. The molecule has 90 valence electrons. The Hall–Kier alpha value is -0.760. The summed E-state index contributed by atoms with van der Waals surface area (Å²) in [6.07, 6.45) is 3.43. The largest absolute Gasteiger partial charge is 0.395 e. The predicted octanol–water partition coefficient (Wildman–Crippen LogP) is 0.170. The van der Waals surface area contributed by atoms with Crippen LogP contribution in [0.3, 0.4) is 0 Å². The standard InChI is InChI=1S/C9H17N5OS/c10-11-9-8(12-13-16-9)5-14-4-2-1-3-7(14)6-15/h7,11,15H,1-6,10H2. The number of nitrogen functional groups attached to an aromatic ring is 1. The van der Waals surface area contributed by atoms with Gasteiger partial charge in [-0.2, -0.15) is 0 Å². The molecule has 1 aromatic heterocycles. The van der Waals surface area contributed by atoms with E-state index >= 15 is 0 Å². The van der Waals surface area contributed by atoms with Crippen LogP contribution in [0.4, 0.5) is 5.00 Å². The first-order valence-electron chi connectivity index (χ1n) is 5.48. The van der Waals surface area contributed by atoms with Gasteiger partial charge in [0.25, 0.3) is 0 Å². The van der Waals surface area contributed by atoms with Crippen molar-refractivity contribution in [2.24, 2.45) is 5.84 Å². The Morgan fingerprint density at radius 3 is 3.19 bits per heavy atom. The molecule has 4 N–H and O–H groups in total. The van der Waals surface area contributed by atoms with Crippen LogP contribution >= 0.6 is 11.5 Å². The summed E-state index contributed by atoms with van der Waals surface area (Å²) >= 11 is 1.26. The molecule has 1 unspecified atom stereocenters. The first kappa shape index (κ1) is 11.7. The summed E-state index contributed by atoms with van der Waals surface area (Å²) in [6.45, 7) is 1.93. The number of piperidine rings is 1. The Labute approximate surface area is 98.6 Å². The number of nitrogens with one attached hydrogen (secondary N) is 1. The van der Waals surface area contributed by atoms with Gasteiger partial charge in [-0.3, -0.25) is 4.90 Å². The number of aliphatic hydroxyl groups is 1. The summed E-state index contributed by atoms with van der Waals surface area (Å²) in [6, 6.07) is 0.251. The minimum atomic E-state index is 0.211. The maximum Gasteiger partial charge on any atom is 0.148 e. The van der Waals surface area contributed by atoms with E-state index in [4.69, 9.17) is 5.84 Å². The predicted molar refractivity (Wildman–Crippen MR) is 62.9 cm³/mol. The average molecular weight is 243 g/mol. The molecular formula is C9H17N5OS. The van der Waals surface area contributed by atoms with E-state index in [-0.39, 0.29) is 12.6 Å². The molecule has 16 heavy (non-hydrogen) atoms. The molecule has 2 heterocycles. The summed E-state index contributed by atoms with van der Waals surface area (Å²) in [7, 11) is 0. The van der Waals surface area contributed by atoms with Crippen LogP contribution in [0, 0.1) is 0 Å². The van der Waals surface area contributed by atoms with Crippen molar-refractivity contribution >= 4 is 16.5 Å². The second-order valence-corrected chi connectivity index (χ2v) is 4.75. The van der Waals surface area contributed by atoms with Crippen molar-refractivity contribution in [3.8, 4) is 0 Å². The number of aromatic nitrogens is 2. The Morgan fingerprint density at radius 1 is 1.56 bits per heavy atom. The van der Waals surface area contributed by atoms with E-state index in [9.17, 15) is 5.11 Å². The zero-order chi connectivity index (χ0) is 11.4. The van der Waals surface area contributed by atoms with E-state index in [0.29, 0.717) is 6.54 Å². The fraction of sp³-hybridized carbons (Fsp3) is 0.778. The van der Waals surface area contributed by atoms with Crippen molar-refractivity contribution in [3.63, 3.8) is 0 Å². The summed E-state index contributed by atoms with van der Waals surface area (Å²) < 4.78 is 3.87. The molecule has 0 radical (unpaired) electrons. The zero-order valence-electron chi connectivity index (χ0n) is 9.09. The molecular weight excluding hydrogens is 226 g/mol. The number of likely N-dealkylation sites (tertiary alicyclic amines) is 1. The van der Waals surface area contributed by atoms with Crippen LogP contribution < -0.4 is 11.3 Å². The van der Waals surface area contributed by atoms with Crippen LogP contribution in [0.2, 0.25) is 0 Å².